The van der Waals surface area contributed by atoms with E-state index in [-0.39, 0.29) is 11.7 Å². The molecule has 0 aliphatic carbocycles. The Morgan fingerprint density at radius 2 is 2.38 bits per heavy atom. The second kappa shape index (κ2) is 3.55. The number of carboxylic acid groups (broad SMARTS) is 1. The van der Waals surface area contributed by atoms with Crippen molar-refractivity contribution >= 4 is 11.8 Å². The number of aromatic carboxylic acids is 1. The van der Waals surface area contributed by atoms with E-state index >= 15 is 0 Å². The molecular formula is C10H12N2O4. The number of carbonyl (C=O) groups is 1. The molecule has 1 unspecified atom stereocenters. The van der Waals surface area contributed by atoms with Gasteiger partial charge in [-0.2, -0.15) is 0 Å². The zero-order valence-corrected chi connectivity index (χ0v) is 8.98. The molecule has 2 N–H and O–H groups in total. The Hall–Kier alpha value is -1.98. The molecule has 1 aliphatic rings. The lowest BCUT2D eigenvalue weighted by Gasteiger charge is -2.31. The number of pyridine rings is 1. The van der Waals surface area contributed by atoms with Gasteiger partial charge in [-0.25, -0.2) is 4.79 Å². The molecule has 0 aromatic carbocycles. The standard InChI is InChI=1S/C10H12N2O4/c1-5-4-12(2)8-7(16-5)3-6(10(14)15)9(13)11-8/h3,5H,4H2,1-2H3,(H,11,13)(H,14,15). The van der Waals surface area contributed by atoms with Crippen molar-refractivity contribution < 1.29 is 14.6 Å². The summed E-state index contributed by atoms with van der Waals surface area (Å²) in [7, 11) is 1.81. The molecule has 2 rings (SSSR count). The topological polar surface area (TPSA) is 82.6 Å². The average molecular weight is 224 g/mol. The van der Waals surface area contributed by atoms with Gasteiger partial charge in [-0.1, -0.05) is 0 Å². The number of aromatic amines is 1. The monoisotopic (exact) mass is 224 g/mol. The summed E-state index contributed by atoms with van der Waals surface area (Å²) in [6, 6.07) is 1.27. The van der Waals surface area contributed by atoms with Crippen LogP contribution < -0.4 is 15.2 Å². The van der Waals surface area contributed by atoms with E-state index in [1.54, 1.807) is 0 Å². The van der Waals surface area contributed by atoms with Gasteiger partial charge in [0.05, 0.1) is 6.54 Å². The molecule has 1 atom stereocenters. The van der Waals surface area contributed by atoms with Crippen molar-refractivity contribution in [2.45, 2.75) is 13.0 Å². The van der Waals surface area contributed by atoms with E-state index in [0.29, 0.717) is 18.1 Å². The molecule has 6 heteroatoms. The van der Waals surface area contributed by atoms with E-state index in [0.717, 1.165) is 0 Å². The largest absolute Gasteiger partial charge is 0.485 e. The molecule has 0 radical (unpaired) electrons. The van der Waals surface area contributed by atoms with Crippen LogP contribution in [0.2, 0.25) is 0 Å². The molecule has 16 heavy (non-hydrogen) atoms. The highest BCUT2D eigenvalue weighted by Crippen LogP contribution is 2.29. The Morgan fingerprint density at radius 3 is 3.00 bits per heavy atom. The Labute approximate surface area is 91.5 Å². The highest BCUT2D eigenvalue weighted by Gasteiger charge is 2.23. The van der Waals surface area contributed by atoms with Gasteiger partial charge in [-0.15, -0.1) is 0 Å². The number of nitrogens with zero attached hydrogens (tertiary/aromatic N) is 1. The van der Waals surface area contributed by atoms with E-state index in [1.807, 2.05) is 18.9 Å². The van der Waals surface area contributed by atoms with E-state index < -0.39 is 11.5 Å². The van der Waals surface area contributed by atoms with Crippen LogP contribution in [0.25, 0.3) is 0 Å². The number of likely N-dealkylation sites (N-methyl/N-ethyl adjacent to an activating group) is 1. The molecule has 0 spiro atoms. The van der Waals surface area contributed by atoms with Crippen LogP contribution in [0.3, 0.4) is 0 Å². The fourth-order valence-corrected chi connectivity index (χ4v) is 1.76. The van der Waals surface area contributed by atoms with Crippen LogP contribution in [-0.2, 0) is 0 Å². The minimum atomic E-state index is -1.26. The van der Waals surface area contributed by atoms with Crippen LogP contribution in [0.15, 0.2) is 10.9 Å². The first kappa shape index (κ1) is 10.5. The van der Waals surface area contributed by atoms with E-state index in [9.17, 15) is 9.59 Å². The van der Waals surface area contributed by atoms with Crippen molar-refractivity contribution in [3.05, 3.63) is 22.0 Å². The van der Waals surface area contributed by atoms with Gasteiger partial charge in [0.1, 0.15) is 11.7 Å². The van der Waals surface area contributed by atoms with Crippen LogP contribution in [0.1, 0.15) is 17.3 Å². The number of rotatable bonds is 1. The summed E-state index contributed by atoms with van der Waals surface area (Å²) in [6.45, 7) is 2.53. The van der Waals surface area contributed by atoms with Gasteiger partial charge in [0.15, 0.2) is 11.6 Å². The predicted octanol–water partition coefficient (Wildman–Crippen LogP) is 0.290. The fraction of sp³-hybridized carbons (Fsp3) is 0.400. The maximum Gasteiger partial charge on any atom is 0.341 e. The average Bonchev–Trinajstić information content (AvgIpc) is 2.18. The highest BCUT2D eigenvalue weighted by molar-refractivity contribution is 5.88. The zero-order chi connectivity index (χ0) is 11.9. The van der Waals surface area contributed by atoms with Gasteiger partial charge in [0, 0.05) is 13.1 Å². The van der Waals surface area contributed by atoms with Gasteiger partial charge in [-0.3, -0.25) is 4.79 Å². The van der Waals surface area contributed by atoms with Crippen molar-refractivity contribution in [2.24, 2.45) is 0 Å². The minimum absolute atomic E-state index is 0.0370. The van der Waals surface area contributed by atoms with Gasteiger partial charge in [-0.05, 0) is 6.92 Å². The maximum atomic E-state index is 11.4. The Morgan fingerprint density at radius 1 is 1.69 bits per heavy atom. The number of ether oxygens (including phenoxy) is 1. The third-order valence-corrected chi connectivity index (χ3v) is 2.46. The summed E-state index contributed by atoms with van der Waals surface area (Å²) in [5.41, 5.74) is -0.919. The maximum absolute atomic E-state index is 11.4. The first-order valence-corrected chi connectivity index (χ1v) is 4.87. The number of H-pyrrole nitrogens is 1. The van der Waals surface area contributed by atoms with Gasteiger partial charge >= 0.3 is 5.97 Å². The lowest BCUT2D eigenvalue weighted by molar-refractivity contribution is 0.0694. The Bertz CT molecular complexity index is 494. The summed E-state index contributed by atoms with van der Waals surface area (Å²) >= 11 is 0. The van der Waals surface area contributed by atoms with Crippen LogP contribution in [-0.4, -0.2) is 35.8 Å². The molecule has 2 heterocycles. The number of aromatic nitrogens is 1. The van der Waals surface area contributed by atoms with E-state index in [4.69, 9.17) is 9.84 Å². The zero-order valence-electron chi connectivity index (χ0n) is 8.98. The molecule has 0 bridgehead atoms. The van der Waals surface area contributed by atoms with Crippen molar-refractivity contribution in [3.8, 4) is 5.75 Å². The lowest BCUT2D eigenvalue weighted by atomic mass is 10.2. The smallest absolute Gasteiger partial charge is 0.341 e. The summed E-state index contributed by atoms with van der Waals surface area (Å²) in [5.74, 6) is -0.333. The summed E-state index contributed by atoms with van der Waals surface area (Å²) in [5, 5.41) is 8.81. The van der Waals surface area contributed by atoms with Crippen molar-refractivity contribution in [2.75, 3.05) is 18.5 Å². The van der Waals surface area contributed by atoms with E-state index in [2.05, 4.69) is 4.98 Å². The third kappa shape index (κ3) is 1.62. The highest BCUT2D eigenvalue weighted by atomic mass is 16.5. The fourth-order valence-electron chi connectivity index (χ4n) is 1.76. The lowest BCUT2D eigenvalue weighted by Crippen LogP contribution is -2.38. The van der Waals surface area contributed by atoms with Crippen LogP contribution >= 0.6 is 0 Å². The summed E-state index contributed by atoms with van der Waals surface area (Å²) in [6.07, 6.45) is -0.0370. The van der Waals surface area contributed by atoms with Gasteiger partial charge in [0.25, 0.3) is 5.56 Å². The molecule has 6 nitrogen and oxygen atoms in total. The number of anilines is 1. The summed E-state index contributed by atoms with van der Waals surface area (Å²) in [4.78, 5) is 26.6. The van der Waals surface area contributed by atoms with E-state index in [1.165, 1.54) is 6.07 Å². The van der Waals surface area contributed by atoms with Crippen molar-refractivity contribution in [1.82, 2.24) is 4.98 Å². The molecule has 1 aromatic heterocycles. The number of hydrogen-bond acceptors (Lipinski definition) is 4. The molecule has 0 fully saturated rings. The van der Waals surface area contributed by atoms with Gasteiger partial charge in [0.2, 0.25) is 0 Å². The van der Waals surface area contributed by atoms with Crippen molar-refractivity contribution in [1.29, 1.82) is 0 Å². The summed E-state index contributed by atoms with van der Waals surface area (Å²) < 4.78 is 5.47. The molecule has 86 valence electrons. The number of carboxylic acids is 1. The Balaban J connectivity index is 2.57. The predicted molar refractivity (Wildman–Crippen MR) is 57.4 cm³/mol. The first-order chi connectivity index (χ1) is 7.49. The molecule has 1 aliphatic heterocycles. The molecule has 0 amide bonds. The third-order valence-electron chi connectivity index (χ3n) is 2.46. The quantitative estimate of drug-likeness (QED) is 0.716. The number of nitrogens with one attached hydrogen (secondary N) is 1. The second-order valence-corrected chi connectivity index (χ2v) is 3.84. The Kier molecular flexibility index (Phi) is 2.34. The molecular weight excluding hydrogens is 212 g/mol. The minimum Gasteiger partial charge on any atom is -0.485 e. The second-order valence-electron chi connectivity index (χ2n) is 3.84. The molecule has 0 saturated carbocycles. The number of hydrogen-bond donors (Lipinski definition) is 2. The number of fused-ring (bicyclic) bond motifs is 1. The normalized spacial score (nSPS) is 18.9. The molecule has 0 saturated heterocycles. The first-order valence-electron chi connectivity index (χ1n) is 4.87. The van der Waals surface area contributed by atoms with Crippen LogP contribution in [0.4, 0.5) is 5.82 Å². The van der Waals surface area contributed by atoms with Crippen LogP contribution in [0, 0.1) is 0 Å². The van der Waals surface area contributed by atoms with Crippen LogP contribution in [0.5, 0.6) is 5.75 Å². The van der Waals surface area contributed by atoms with Gasteiger partial charge < -0.3 is 19.7 Å². The SMILES string of the molecule is CC1CN(C)c2[nH]c(=O)c(C(=O)O)cc2O1. The molecule has 1 aromatic rings. The van der Waals surface area contributed by atoms with Crippen molar-refractivity contribution in [3.63, 3.8) is 0 Å².